The van der Waals surface area contributed by atoms with Gasteiger partial charge in [0.25, 0.3) is 5.91 Å². The molecule has 0 unspecified atom stereocenters. The topological polar surface area (TPSA) is 49.6 Å². The number of carbonyl (C=O) groups is 1. The van der Waals surface area contributed by atoms with Gasteiger partial charge in [0.15, 0.2) is 0 Å². The van der Waals surface area contributed by atoms with Gasteiger partial charge < -0.3 is 10.2 Å². The van der Waals surface area contributed by atoms with E-state index in [2.05, 4.69) is 46.5 Å². The van der Waals surface area contributed by atoms with Gasteiger partial charge in [-0.3, -0.25) is 9.20 Å². The molecule has 2 aliphatic rings. The Bertz CT molecular complexity index is 1100. The molecule has 6 heteroatoms. The zero-order valence-corrected chi connectivity index (χ0v) is 18.2. The number of amides is 1. The van der Waals surface area contributed by atoms with Gasteiger partial charge in [-0.1, -0.05) is 42.8 Å². The van der Waals surface area contributed by atoms with Crippen molar-refractivity contribution in [2.24, 2.45) is 5.41 Å². The van der Waals surface area contributed by atoms with Crippen molar-refractivity contribution in [2.75, 3.05) is 20.1 Å². The molecular formula is C24H29ClN4O. The second-order valence-corrected chi connectivity index (χ2v) is 9.47. The van der Waals surface area contributed by atoms with Gasteiger partial charge in [0.05, 0.1) is 10.7 Å². The van der Waals surface area contributed by atoms with Crippen LogP contribution in [0, 0.1) is 5.41 Å². The molecule has 3 aromatic rings. The Balaban J connectivity index is 0.00000231. The number of hydrogen-bond acceptors (Lipinski definition) is 3. The first-order valence-corrected chi connectivity index (χ1v) is 11.1. The summed E-state index contributed by atoms with van der Waals surface area (Å²) in [6.07, 6.45) is 5.06. The number of likely N-dealkylation sites (tertiary alicyclic amines) is 1. The zero-order valence-electron chi connectivity index (χ0n) is 17.5. The van der Waals surface area contributed by atoms with Gasteiger partial charge in [0, 0.05) is 27.3 Å². The van der Waals surface area contributed by atoms with E-state index in [0.717, 1.165) is 16.9 Å². The number of carbonyl (C=O) groups excluding carboxylic acids is 1. The van der Waals surface area contributed by atoms with E-state index in [4.69, 9.17) is 11.6 Å². The highest BCUT2D eigenvalue weighted by Crippen LogP contribution is 2.55. The predicted molar refractivity (Wildman–Crippen MR) is 121 cm³/mol. The van der Waals surface area contributed by atoms with Crippen LogP contribution in [0.4, 0.5) is 0 Å². The van der Waals surface area contributed by atoms with Crippen molar-refractivity contribution in [3.63, 3.8) is 0 Å². The van der Waals surface area contributed by atoms with Crippen molar-refractivity contribution in [1.82, 2.24) is 19.6 Å². The number of pyridine rings is 1. The first-order valence-electron chi connectivity index (χ1n) is 10.7. The van der Waals surface area contributed by atoms with E-state index in [1.807, 2.05) is 13.0 Å². The van der Waals surface area contributed by atoms with Crippen LogP contribution in [0.1, 0.15) is 54.4 Å². The van der Waals surface area contributed by atoms with Crippen molar-refractivity contribution in [1.29, 1.82) is 0 Å². The maximum absolute atomic E-state index is 12.9. The molecule has 1 aliphatic carbocycles. The fourth-order valence-electron chi connectivity index (χ4n) is 5.31. The van der Waals surface area contributed by atoms with Crippen LogP contribution in [0.3, 0.4) is 0 Å². The Morgan fingerprint density at radius 3 is 2.63 bits per heavy atom. The summed E-state index contributed by atoms with van der Waals surface area (Å²) in [5.41, 5.74) is 5.22. The Morgan fingerprint density at radius 2 is 1.97 bits per heavy atom. The van der Waals surface area contributed by atoms with Gasteiger partial charge in [-0.2, -0.15) is 0 Å². The van der Waals surface area contributed by atoms with Gasteiger partial charge in [0.2, 0.25) is 0 Å². The average Bonchev–Trinajstić information content (AvgIpc) is 3.06. The minimum absolute atomic E-state index is 0. The van der Waals surface area contributed by atoms with Crippen LogP contribution >= 0.6 is 11.6 Å². The monoisotopic (exact) mass is 424 g/mol. The highest BCUT2D eigenvalue weighted by Gasteiger charge is 2.51. The highest BCUT2D eigenvalue weighted by atomic mass is 35.5. The minimum atomic E-state index is -0.124. The Morgan fingerprint density at radius 1 is 1.23 bits per heavy atom. The number of fused-ring (bicyclic) bond motifs is 1. The molecule has 0 radical (unpaired) electrons. The molecule has 1 aromatic carbocycles. The normalized spacial score (nSPS) is 18.4. The second-order valence-electron chi connectivity index (χ2n) is 9.04. The number of aromatic nitrogens is 2. The van der Waals surface area contributed by atoms with Crippen LogP contribution in [0.2, 0.25) is 5.02 Å². The zero-order chi connectivity index (χ0) is 20.9. The summed E-state index contributed by atoms with van der Waals surface area (Å²) in [6, 6.07) is 12.4. The lowest BCUT2D eigenvalue weighted by Gasteiger charge is -2.58. The molecule has 158 valence electrons. The predicted octanol–water partition coefficient (Wildman–Crippen LogP) is 4.54. The first-order chi connectivity index (χ1) is 14.5. The summed E-state index contributed by atoms with van der Waals surface area (Å²) in [6.45, 7) is 5.00. The van der Waals surface area contributed by atoms with E-state index in [1.54, 1.807) is 16.7 Å². The Labute approximate surface area is 183 Å². The van der Waals surface area contributed by atoms with Crippen molar-refractivity contribution in [3.8, 4) is 0 Å². The number of aryl methyl sites for hydroxylation is 1. The number of nitrogens with one attached hydrogen (secondary N) is 1. The maximum Gasteiger partial charge on any atom is 0.270 e. The summed E-state index contributed by atoms with van der Waals surface area (Å²) in [5, 5.41) is 3.63. The maximum atomic E-state index is 12.9. The number of hydrogen-bond donors (Lipinski definition) is 1. The molecule has 5 nitrogen and oxygen atoms in total. The lowest BCUT2D eigenvalue weighted by Crippen LogP contribution is -2.59. The van der Waals surface area contributed by atoms with E-state index in [0.29, 0.717) is 35.0 Å². The van der Waals surface area contributed by atoms with Crippen molar-refractivity contribution in [3.05, 3.63) is 70.1 Å². The summed E-state index contributed by atoms with van der Waals surface area (Å²) < 4.78 is 1.78. The highest BCUT2D eigenvalue weighted by molar-refractivity contribution is 6.30. The Kier molecular flexibility index (Phi) is 4.83. The SMILES string of the molecule is CCc1nc2ccc(Cl)cn2c1C(=O)NCc1ccc(C2CC3(C2)CN(C)C3)cc1.[HH]. The van der Waals surface area contributed by atoms with Crippen molar-refractivity contribution < 1.29 is 6.22 Å². The molecule has 1 saturated heterocycles. The quantitative estimate of drug-likeness (QED) is 0.654. The molecule has 0 bridgehead atoms. The minimum Gasteiger partial charge on any atom is -0.347 e. The summed E-state index contributed by atoms with van der Waals surface area (Å²) in [7, 11) is 2.20. The molecule has 1 N–H and O–H groups in total. The summed E-state index contributed by atoms with van der Waals surface area (Å²) >= 11 is 6.13. The molecule has 2 aromatic heterocycles. The average molecular weight is 425 g/mol. The second kappa shape index (κ2) is 7.40. The van der Waals surface area contributed by atoms with Crippen molar-refractivity contribution in [2.45, 2.75) is 38.6 Å². The first kappa shape index (κ1) is 19.6. The number of imidazole rings is 1. The molecule has 1 spiro atoms. The number of halogens is 1. The smallest absolute Gasteiger partial charge is 0.270 e. The fourth-order valence-corrected chi connectivity index (χ4v) is 5.47. The summed E-state index contributed by atoms with van der Waals surface area (Å²) in [5.74, 6) is 0.568. The molecule has 1 saturated carbocycles. The molecule has 3 heterocycles. The lowest BCUT2D eigenvalue weighted by molar-refractivity contribution is -0.0584. The molecule has 1 aliphatic heterocycles. The van der Waals surface area contributed by atoms with E-state index < -0.39 is 0 Å². The van der Waals surface area contributed by atoms with Crippen LogP contribution in [0.25, 0.3) is 5.65 Å². The standard InChI is InChI=1S/C24H27ClN4O.H2/c1-3-20-22(29-13-19(25)8-9-21(29)27-20)23(30)26-12-16-4-6-17(7-5-16)18-10-24(11-18)14-28(2)15-24;/h4-9,13,18H,3,10-12,14-15H2,1-2H3,(H,26,30);1H. The van der Waals surface area contributed by atoms with Gasteiger partial charge in [0.1, 0.15) is 11.3 Å². The summed E-state index contributed by atoms with van der Waals surface area (Å²) in [4.78, 5) is 19.9. The number of nitrogens with zero attached hydrogens (tertiary/aromatic N) is 3. The Hall–Kier alpha value is -2.37. The lowest BCUT2D eigenvalue weighted by atomic mass is 9.56. The van der Waals surface area contributed by atoms with E-state index in [1.165, 1.54) is 31.5 Å². The van der Waals surface area contributed by atoms with Crippen LogP contribution in [-0.4, -0.2) is 40.3 Å². The van der Waals surface area contributed by atoms with Crippen LogP contribution in [-0.2, 0) is 13.0 Å². The molecule has 0 atom stereocenters. The van der Waals surface area contributed by atoms with Crippen molar-refractivity contribution >= 4 is 23.2 Å². The largest absolute Gasteiger partial charge is 0.347 e. The third-order valence-corrected chi connectivity index (χ3v) is 6.90. The van der Waals surface area contributed by atoms with E-state index in [-0.39, 0.29) is 7.33 Å². The molecular weight excluding hydrogens is 396 g/mol. The van der Waals surface area contributed by atoms with Gasteiger partial charge in [-0.25, -0.2) is 4.98 Å². The number of benzene rings is 1. The van der Waals surface area contributed by atoms with Crippen LogP contribution < -0.4 is 5.32 Å². The van der Waals surface area contributed by atoms with Crippen LogP contribution in [0.15, 0.2) is 42.6 Å². The third kappa shape index (κ3) is 3.40. The van der Waals surface area contributed by atoms with Gasteiger partial charge in [-0.15, -0.1) is 0 Å². The molecule has 2 fully saturated rings. The van der Waals surface area contributed by atoms with Crippen LogP contribution in [0.5, 0.6) is 0 Å². The van der Waals surface area contributed by atoms with E-state index >= 15 is 0 Å². The van der Waals surface area contributed by atoms with Gasteiger partial charge in [-0.05, 0) is 60.9 Å². The molecule has 1 amide bonds. The van der Waals surface area contributed by atoms with E-state index in [9.17, 15) is 4.79 Å². The third-order valence-electron chi connectivity index (χ3n) is 6.68. The fraction of sp³-hybridized carbons (Fsp3) is 0.417. The molecule has 5 rings (SSSR count). The molecule has 30 heavy (non-hydrogen) atoms. The van der Waals surface area contributed by atoms with Gasteiger partial charge >= 0.3 is 0 Å². The number of rotatable bonds is 5.